The number of likely N-dealkylation sites (tertiary alicyclic amines) is 3. The first-order chi connectivity index (χ1) is 21.5. The summed E-state index contributed by atoms with van der Waals surface area (Å²) in [5, 5.41) is 20.4. The maximum Gasteiger partial charge on any atom is 0.410 e. The van der Waals surface area contributed by atoms with Gasteiger partial charge in [-0.05, 0) is 63.5 Å². The largest absolute Gasteiger partial charge is 0.445 e. The van der Waals surface area contributed by atoms with Gasteiger partial charge in [-0.1, -0.05) is 60.7 Å². The molecule has 4 fully saturated rings. The van der Waals surface area contributed by atoms with E-state index in [1.54, 1.807) is 25.7 Å². The van der Waals surface area contributed by atoms with Crippen molar-refractivity contribution in [2.75, 3.05) is 19.6 Å². The highest BCUT2D eigenvalue weighted by Crippen LogP contribution is 2.38. The first-order valence-electron chi connectivity index (χ1n) is 15.8. The molecule has 2 aromatic carbocycles. The molecule has 0 unspecified atom stereocenters. The number of aliphatic hydroxyl groups is 2. The lowest BCUT2D eigenvalue weighted by Crippen LogP contribution is -2.45. The molecule has 3 amide bonds. The summed E-state index contributed by atoms with van der Waals surface area (Å²) in [5.41, 5.74) is 1.28. The van der Waals surface area contributed by atoms with Crippen LogP contribution in [-0.4, -0.2) is 98.8 Å². The Morgan fingerprint density at radius 1 is 0.696 bits per heavy atom. The van der Waals surface area contributed by atoms with E-state index in [0.29, 0.717) is 32.0 Å². The zero-order valence-corrected chi connectivity index (χ0v) is 27.5. The summed E-state index contributed by atoms with van der Waals surface area (Å²) in [6, 6.07) is 18.4. The van der Waals surface area contributed by atoms with Crippen molar-refractivity contribution in [3.63, 3.8) is 0 Å². The van der Waals surface area contributed by atoms with Crippen LogP contribution >= 0.6 is 12.4 Å². The minimum atomic E-state index is -0.806. The summed E-state index contributed by atoms with van der Waals surface area (Å²) in [4.78, 5) is 41.7. The average Bonchev–Trinajstić information content (AvgIpc) is 3.79. The predicted molar refractivity (Wildman–Crippen MR) is 172 cm³/mol. The fraction of sp³-hybridized carbons (Fsp3) is 0.559. The number of halogens is 1. The van der Waals surface area contributed by atoms with Gasteiger partial charge in [0.25, 0.3) is 0 Å². The Hall–Kier alpha value is -3.54. The van der Waals surface area contributed by atoms with Crippen molar-refractivity contribution >= 4 is 30.7 Å². The van der Waals surface area contributed by atoms with Crippen LogP contribution < -0.4 is 0 Å². The number of hydrogen-bond donors (Lipinski definition) is 2. The Morgan fingerprint density at radius 2 is 1.22 bits per heavy atom. The van der Waals surface area contributed by atoms with Gasteiger partial charge in [-0.15, -0.1) is 12.4 Å². The number of nitrogens with zero attached hydrogens (tertiary/aromatic N) is 3. The maximum atomic E-state index is 12.5. The van der Waals surface area contributed by atoms with Crippen LogP contribution in [0.4, 0.5) is 14.4 Å². The highest BCUT2D eigenvalue weighted by Gasteiger charge is 2.52. The summed E-state index contributed by atoms with van der Waals surface area (Å²) in [6.07, 6.45) is 1.01. The SMILES string of the molecule is CC(C)(C)OC(=O)N1C[C@H](O)[C@@H]2[C@H]1CCN2C(=O)OCc1ccccc1.Cl.O=C(OCc1ccccc1)N1CC[C@H]2CC[C@H](O)[C@H]21. The van der Waals surface area contributed by atoms with Crippen molar-refractivity contribution in [3.05, 3.63) is 71.8 Å². The Morgan fingerprint density at radius 3 is 1.76 bits per heavy atom. The summed E-state index contributed by atoms with van der Waals surface area (Å²) < 4.78 is 16.2. The van der Waals surface area contributed by atoms with E-state index in [0.717, 1.165) is 30.4 Å². The molecule has 1 saturated carbocycles. The van der Waals surface area contributed by atoms with Gasteiger partial charge in [0, 0.05) is 13.1 Å². The molecule has 0 radical (unpaired) electrons. The summed E-state index contributed by atoms with van der Waals surface area (Å²) in [7, 11) is 0. The number of ether oxygens (including phenoxy) is 3. The van der Waals surface area contributed by atoms with Crippen LogP contribution in [0.15, 0.2) is 60.7 Å². The third kappa shape index (κ3) is 8.43. The van der Waals surface area contributed by atoms with Gasteiger partial charge >= 0.3 is 18.3 Å². The number of aliphatic hydroxyl groups excluding tert-OH is 2. The lowest BCUT2D eigenvalue weighted by atomic mass is 10.0. The Labute approximate surface area is 276 Å². The van der Waals surface area contributed by atoms with Crippen LogP contribution in [0.1, 0.15) is 57.6 Å². The fourth-order valence-corrected chi connectivity index (χ4v) is 6.88. The van der Waals surface area contributed by atoms with E-state index < -0.39 is 29.9 Å². The normalized spacial score (nSPS) is 26.3. The number of carbonyl (C=O) groups excluding carboxylic acids is 3. The number of fused-ring (bicyclic) bond motifs is 2. The standard InChI is InChI=1S/C19H26N2O5.C15H19NO3.ClH/c1-19(2,3)26-18(24)21-11-15(22)16-14(21)9-10-20(16)17(23)25-12-13-7-5-4-6-8-13;17-13-7-6-12-8-9-16(14(12)13)15(18)19-10-11-4-2-1-3-5-11;/h4-8,14-16,22H,9-12H2,1-3H3;1-5,12-14,17H,6-10H2;1H/t14-,15+,16+;12-,13+,14+;/m11./s1. The summed E-state index contributed by atoms with van der Waals surface area (Å²) >= 11 is 0. The molecule has 11 nitrogen and oxygen atoms in total. The monoisotopic (exact) mass is 659 g/mol. The van der Waals surface area contributed by atoms with Gasteiger partial charge in [-0.2, -0.15) is 0 Å². The molecular weight excluding hydrogens is 614 g/mol. The average molecular weight is 660 g/mol. The van der Waals surface area contributed by atoms with E-state index in [4.69, 9.17) is 14.2 Å². The number of amides is 3. The molecule has 12 heteroatoms. The van der Waals surface area contributed by atoms with E-state index in [-0.39, 0.29) is 49.8 Å². The number of rotatable bonds is 4. The summed E-state index contributed by atoms with van der Waals surface area (Å²) in [6.45, 7) is 7.19. The molecule has 46 heavy (non-hydrogen) atoms. The first-order valence-corrected chi connectivity index (χ1v) is 15.8. The molecular formula is C34H46ClN3O8. The van der Waals surface area contributed by atoms with E-state index >= 15 is 0 Å². The molecule has 252 valence electrons. The molecule has 6 atom stereocenters. The third-order valence-electron chi connectivity index (χ3n) is 8.92. The van der Waals surface area contributed by atoms with E-state index in [2.05, 4.69) is 0 Å². The van der Waals surface area contributed by atoms with Crippen LogP contribution in [0.2, 0.25) is 0 Å². The second-order valence-corrected chi connectivity index (χ2v) is 13.2. The molecule has 3 saturated heterocycles. The van der Waals surface area contributed by atoms with E-state index in [1.807, 2.05) is 60.7 Å². The van der Waals surface area contributed by atoms with Gasteiger partial charge in [0.15, 0.2) is 0 Å². The minimum absolute atomic E-state index is 0. The molecule has 4 aliphatic rings. The molecule has 1 aliphatic carbocycles. The lowest BCUT2D eigenvalue weighted by molar-refractivity contribution is 0.0208. The zero-order chi connectivity index (χ0) is 32.1. The molecule has 3 aliphatic heterocycles. The van der Waals surface area contributed by atoms with Crippen molar-refractivity contribution < 1.29 is 38.8 Å². The zero-order valence-electron chi connectivity index (χ0n) is 26.7. The molecule has 2 aromatic rings. The smallest absolute Gasteiger partial charge is 0.410 e. The van der Waals surface area contributed by atoms with Gasteiger partial charge in [0.2, 0.25) is 0 Å². The highest BCUT2D eigenvalue weighted by atomic mass is 35.5. The topological polar surface area (TPSA) is 129 Å². The minimum Gasteiger partial charge on any atom is -0.445 e. The molecule has 0 aromatic heterocycles. The van der Waals surface area contributed by atoms with Gasteiger partial charge in [-0.25, -0.2) is 14.4 Å². The van der Waals surface area contributed by atoms with Crippen LogP contribution in [0.25, 0.3) is 0 Å². The van der Waals surface area contributed by atoms with Gasteiger partial charge in [0.1, 0.15) is 18.8 Å². The fourth-order valence-electron chi connectivity index (χ4n) is 6.88. The molecule has 6 rings (SSSR count). The Bertz CT molecular complexity index is 1310. The highest BCUT2D eigenvalue weighted by molar-refractivity contribution is 5.85. The molecule has 0 bridgehead atoms. The number of carbonyl (C=O) groups is 3. The Balaban J connectivity index is 0.000000213. The van der Waals surface area contributed by atoms with Crippen LogP contribution in [-0.2, 0) is 27.4 Å². The third-order valence-corrected chi connectivity index (χ3v) is 8.92. The number of benzene rings is 2. The number of hydrogen-bond acceptors (Lipinski definition) is 8. The van der Waals surface area contributed by atoms with Crippen LogP contribution in [0.3, 0.4) is 0 Å². The first kappa shape index (κ1) is 35.3. The van der Waals surface area contributed by atoms with Gasteiger partial charge in [-0.3, -0.25) is 0 Å². The summed E-state index contributed by atoms with van der Waals surface area (Å²) in [5.74, 6) is 0.458. The van der Waals surface area contributed by atoms with Crippen LogP contribution in [0.5, 0.6) is 0 Å². The van der Waals surface area contributed by atoms with Crippen molar-refractivity contribution in [1.82, 2.24) is 14.7 Å². The van der Waals surface area contributed by atoms with Crippen LogP contribution in [0, 0.1) is 5.92 Å². The molecule has 2 N–H and O–H groups in total. The number of β-amino-alcohol motifs (C(OH)–C–C–N with tert-alkyl or cyclic N) is 1. The Kier molecular flexibility index (Phi) is 11.8. The van der Waals surface area contributed by atoms with E-state index in [1.165, 1.54) is 9.80 Å². The van der Waals surface area contributed by atoms with Crippen molar-refractivity contribution in [1.29, 1.82) is 0 Å². The quantitative estimate of drug-likeness (QED) is 0.441. The van der Waals surface area contributed by atoms with Gasteiger partial charge < -0.3 is 39.1 Å². The second kappa shape index (κ2) is 15.4. The molecule has 3 heterocycles. The van der Waals surface area contributed by atoms with E-state index in [9.17, 15) is 24.6 Å². The van der Waals surface area contributed by atoms with Crippen molar-refractivity contribution in [2.45, 2.75) is 95.6 Å². The second-order valence-electron chi connectivity index (χ2n) is 13.2. The van der Waals surface area contributed by atoms with Crippen molar-refractivity contribution in [3.8, 4) is 0 Å². The predicted octanol–water partition coefficient (Wildman–Crippen LogP) is 4.97. The van der Waals surface area contributed by atoms with Gasteiger partial charge in [0.05, 0.1) is 36.9 Å². The van der Waals surface area contributed by atoms with Crippen molar-refractivity contribution in [2.24, 2.45) is 5.92 Å². The lowest BCUT2D eigenvalue weighted by Gasteiger charge is -2.28. The molecule has 0 spiro atoms. The maximum absolute atomic E-state index is 12.5.